The summed E-state index contributed by atoms with van der Waals surface area (Å²) >= 11 is 3.17. The Morgan fingerprint density at radius 1 is 1.22 bits per heavy atom. The fraction of sp³-hybridized carbons (Fsp3) is 0.500. The maximum absolute atomic E-state index is 5.58. The van der Waals surface area contributed by atoms with Crippen molar-refractivity contribution in [3.63, 3.8) is 0 Å². The zero-order valence-electron chi connectivity index (χ0n) is 9.82. The highest BCUT2D eigenvalue weighted by atomic mass is 32.1. The first-order valence-corrected chi connectivity index (χ1v) is 7.45. The van der Waals surface area contributed by atoms with Gasteiger partial charge in [-0.1, -0.05) is 11.3 Å². The lowest BCUT2D eigenvalue weighted by Gasteiger charge is -2.33. The van der Waals surface area contributed by atoms with Crippen molar-refractivity contribution >= 4 is 32.9 Å². The molecule has 0 amide bonds. The molecule has 1 aliphatic rings. The second kappa shape index (κ2) is 5.17. The van der Waals surface area contributed by atoms with Gasteiger partial charge < -0.3 is 10.6 Å². The summed E-state index contributed by atoms with van der Waals surface area (Å²) in [5, 5.41) is 12.6. The summed E-state index contributed by atoms with van der Waals surface area (Å²) in [6, 6.07) is 0. The van der Waals surface area contributed by atoms with Gasteiger partial charge in [0.15, 0.2) is 5.13 Å². The van der Waals surface area contributed by atoms with Crippen LogP contribution in [0.15, 0.2) is 11.6 Å². The first-order chi connectivity index (χ1) is 8.81. The fourth-order valence-corrected chi connectivity index (χ4v) is 3.34. The molecule has 0 bridgehead atoms. The zero-order chi connectivity index (χ0) is 12.4. The minimum Gasteiger partial charge on any atom is -0.374 e. The van der Waals surface area contributed by atoms with Gasteiger partial charge in [-0.2, -0.15) is 0 Å². The molecule has 1 aliphatic heterocycles. The molecule has 6 nitrogen and oxygen atoms in total. The largest absolute Gasteiger partial charge is 0.374 e. The molecule has 2 aromatic heterocycles. The third-order valence-electron chi connectivity index (χ3n) is 2.90. The van der Waals surface area contributed by atoms with Gasteiger partial charge in [0, 0.05) is 37.8 Å². The van der Waals surface area contributed by atoms with E-state index in [-0.39, 0.29) is 0 Å². The van der Waals surface area contributed by atoms with Gasteiger partial charge in [-0.05, 0) is 0 Å². The van der Waals surface area contributed by atoms with Crippen LogP contribution in [-0.4, -0.2) is 46.3 Å². The highest BCUT2D eigenvalue weighted by molar-refractivity contribution is 7.15. The maximum atomic E-state index is 5.58. The standard InChI is InChI=1S/C10H14N6S2/c11-9-14-13-8(18-9)7-15-2-4-16(5-3-15)10-12-1-6-17-10/h1,6H,2-5,7H2,(H2,11,14). The van der Waals surface area contributed by atoms with Gasteiger partial charge in [0.1, 0.15) is 5.01 Å². The predicted molar refractivity (Wildman–Crippen MR) is 73.9 cm³/mol. The Labute approximate surface area is 113 Å². The Morgan fingerprint density at radius 3 is 2.67 bits per heavy atom. The van der Waals surface area contributed by atoms with Crippen molar-refractivity contribution in [2.75, 3.05) is 36.8 Å². The van der Waals surface area contributed by atoms with E-state index in [1.54, 1.807) is 11.3 Å². The maximum Gasteiger partial charge on any atom is 0.203 e. The van der Waals surface area contributed by atoms with E-state index in [0.717, 1.165) is 42.9 Å². The molecule has 0 aliphatic carbocycles. The minimum atomic E-state index is 0.548. The molecule has 1 saturated heterocycles. The Bertz CT molecular complexity index is 488. The highest BCUT2D eigenvalue weighted by Crippen LogP contribution is 2.20. The van der Waals surface area contributed by atoms with Crippen LogP contribution in [0.3, 0.4) is 0 Å². The molecule has 18 heavy (non-hydrogen) atoms. The predicted octanol–water partition coefficient (Wildman–Crippen LogP) is 0.899. The second-order valence-corrected chi connectivity index (χ2v) is 6.08. The highest BCUT2D eigenvalue weighted by Gasteiger charge is 2.19. The topological polar surface area (TPSA) is 71.2 Å². The third kappa shape index (κ3) is 2.60. The average molecular weight is 282 g/mol. The lowest BCUT2D eigenvalue weighted by molar-refractivity contribution is 0.249. The molecule has 8 heteroatoms. The monoisotopic (exact) mass is 282 g/mol. The minimum absolute atomic E-state index is 0.548. The quantitative estimate of drug-likeness (QED) is 0.902. The molecule has 0 atom stereocenters. The lowest BCUT2D eigenvalue weighted by atomic mass is 10.3. The Kier molecular flexibility index (Phi) is 3.39. The first kappa shape index (κ1) is 11.8. The smallest absolute Gasteiger partial charge is 0.203 e. The summed E-state index contributed by atoms with van der Waals surface area (Å²) in [7, 11) is 0. The van der Waals surface area contributed by atoms with Crippen LogP contribution in [0.25, 0.3) is 0 Å². The number of aromatic nitrogens is 3. The summed E-state index contributed by atoms with van der Waals surface area (Å²) in [6.45, 7) is 4.93. The van der Waals surface area contributed by atoms with Gasteiger partial charge in [0.2, 0.25) is 5.13 Å². The Morgan fingerprint density at radius 2 is 2.06 bits per heavy atom. The molecule has 2 aromatic rings. The molecule has 1 fully saturated rings. The van der Waals surface area contributed by atoms with Crippen molar-refractivity contribution in [2.45, 2.75) is 6.54 Å². The summed E-state index contributed by atoms with van der Waals surface area (Å²) in [5.41, 5.74) is 5.58. The molecular weight excluding hydrogens is 268 g/mol. The molecule has 0 spiro atoms. The van der Waals surface area contributed by atoms with Crippen LogP contribution in [0.2, 0.25) is 0 Å². The molecule has 3 heterocycles. The SMILES string of the molecule is Nc1nnc(CN2CCN(c3nccs3)CC2)s1. The number of piperazine rings is 1. The molecular formula is C10H14N6S2. The van der Waals surface area contributed by atoms with Crippen molar-refractivity contribution in [1.82, 2.24) is 20.1 Å². The number of hydrogen-bond donors (Lipinski definition) is 1. The number of rotatable bonds is 3. The second-order valence-electron chi connectivity index (χ2n) is 4.11. The molecule has 3 rings (SSSR count). The van der Waals surface area contributed by atoms with Crippen molar-refractivity contribution in [1.29, 1.82) is 0 Å². The normalized spacial score (nSPS) is 17.2. The molecule has 0 saturated carbocycles. The molecule has 0 aromatic carbocycles. The van der Waals surface area contributed by atoms with E-state index in [1.165, 1.54) is 11.3 Å². The number of nitrogens with zero attached hydrogens (tertiary/aromatic N) is 5. The van der Waals surface area contributed by atoms with E-state index < -0.39 is 0 Å². The first-order valence-electron chi connectivity index (χ1n) is 5.76. The summed E-state index contributed by atoms with van der Waals surface area (Å²) < 4.78 is 0. The lowest BCUT2D eigenvalue weighted by Crippen LogP contribution is -2.45. The van der Waals surface area contributed by atoms with Crippen molar-refractivity contribution < 1.29 is 0 Å². The molecule has 96 valence electrons. The van der Waals surface area contributed by atoms with Crippen molar-refractivity contribution in [2.24, 2.45) is 0 Å². The van der Waals surface area contributed by atoms with E-state index in [0.29, 0.717) is 5.13 Å². The zero-order valence-corrected chi connectivity index (χ0v) is 11.5. The van der Waals surface area contributed by atoms with Crippen molar-refractivity contribution in [3.8, 4) is 0 Å². The van der Waals surface area contributed by atoms with Crippen LogP contribution in [0, 0.1) is 0 Å². The number of hydrogen-bond acceptors (Lipinski definition) is 8. The van der Waals surface area contributed by atoms with Crippen LogP contribution >= 0.6 is 22.7 Å². The van der Waals surface area contributed by atoms with Gasteiger partial charge >= 0.3 is 0 Å². The van der Waals surface area contributed by atoms with E-state index in [4.69, 9.17) is 5.73 Å². The third-order valence-corrected chi connectivity index (χ3v) is 4.47. The van der Waals surface area contributed by atoms with E-state index in [9.17, 15) is 0 Å². The molecule has 0 radical (unpaired) electrons. The molecule has 2 N–H and O–H groups in total. The van der Waals surface area contributed by atoms with Gasteiger partial charge in [-0.3, -0.25) is 4.90 Å². The molecule has 0 unspecified atom stereocenters. The number of anilines is 2. The average Bonchev–Trinajstić information content (AvgIpc) is 3.02. The van der Waals surface area contributed by atoms with Crippen LogP contribution in [-0.2, 0) is 6.54 Å². The number of thiazole rings is 1. The van der Waals surface area contributed by atoms with Crippen LogP contribution < -0.4 is 10.6 Å². The van der Waals surface area contributed by atoms with E-state index >= 15 is 0 Å². The van der Waals surface area contributed by atoms with Gasteiger partial charge in [0.05, 0.1) is 6.54 Å². The Balaban J connectivity index is 1.54. The fourth-order valence-electron chi connectivity index (χ4n) is 1.99. The van der Waals surface area contributed by atoms with Crippen LogP contribution in [0.5, 0.6) is 0 Å². The van der Waals surface area contributed by atoms with Crippen molar-refractivity contribution in [3.05, 3.63) is 16.6 Å². The summed E-state index contributed by atoms with van der Waals surface area (Å²) in [6.07, 6.45) is 1.86. The van der Waals surface area contributed by atoms with E-state index in [1.807, 2.05) is 11.6 Å². The summed E-state index contributed by atoms with van der Waals surface area (Å²) in [5.74, 6) is 0. The van der Waals surface area contributed by atoms with Gasteiger partial charge in [-0.25, -0.2) is 4.98 Å². The van der Waals surface area contributed by atoms with Gasteiger partial charge in [-0.15, -0.1) is 21.5 Å². The van der Waals surface area contributed by atoms with Crippen LogP contribution in [0.1, 0.15) is 5.01 Å². The number of nitrogen functional groups attached to an aromatic ring is 1. The summed E-state index contributed by atoms with van der Waals surface area (Å²) in [4.78, 5) is 9.05. The van der Waals surface area contributed by atoms with Crippen LogP contribution in [0.4, 0.5) is 10.3 Å². The van der Waals surface area contributed by atoms with E-state index in [2.05, 4.69) is 25.0 Å². The number of nitrogens with two attached hydrogens (primary N) is 1. The van der Waals surface area contributed by atoms with Gasteiger partial charge in [0.25, 0.3) is 0 Å². The Hall–Kier alpha value is -1.25.